The fourth-order valence-corrected chi connectivity index (χ4v) is 3.09. The summed E-state index contributed by atoms with van der Waals surface area (Å²) < 4.78 is 11.1. The maximum absolute atomic E-state index is 13.2. The summed E-state index contributed by atoms with van der Waals surface area (Å²) >= 11 is 0. The van der Waals surface area contributed by atoms with Crippen LogP contribution in [0.15, 0.2) is 24.3 Å². The zero-order chi connectivity index (χ0) is 14.7. The van der Waals surface area contributed by atoms with Crippen LogP contribution in [0.2, 0.25) is 0 Å². The van der Waals surface area contributed by atoms with Gasteiger partial charge in [-0.1, -0.05) is 12.1 Å². The molecular formula is C16H22N2O3. The minimum atomic E-state index is -0.490. The van der Waals surface area contributed by atoms with E-state index in [9.17, 15) is 4.79 Å². The number of carbonyl (C=O) groups is 1. The molecule has 1 amide bonds. The van der Waals surface area contributed by atoms with Gasteiger partial charge in [0.2, 0.25) is 5.91 Å². The van der Waals surface area contributed by atoms with Gasteiger partial charge in [0.25, 0.3) is 0 Å². The van der Waals surface area contributed by atoms with Crippen molar-refractivity contribution in [2.45, 2.75) is 19.3 Å². The Hall–Kier alpha value is -1.59. The average molecular weight is 290 g/mol. The van der Waals surface area contributed by atoms with Crippen molar-refractivity contribution in [3.63, 3.8) is 0 Å². The lowest BCUT2D eigenvalue weighted by Gasteiger charge is -2.38. The first kappa shape index (κ1) is 14.4. The van der Waals surface area contributed by atoms with E-state index in [1.807, 2.05) is 29.2 Å². The van der Waals surface area contributed by atoms with E-state index in [1.165, 1.54) is 0 Å². The summed E-state index contributed by atoms with van der Waals surface area (Å²) in [5.41, 5.74) is 6.34. The molecule has 2 heterocycles. The second-order valence-electron chi connectivity index (χ2n) is 5.72. The van der Waals surface area contributed by atoms with E-state index < -0.39 is 5.41 Å². The third-order valence-corrected chi connectivity index (χ3v) is 4.48. The summed E-state index contributed by atoms with van der Waals surface area (Å²) in [6, 6.07) is 7.73. The number of rotatable bonds is 2. The summed E-state index contributed by atoms with van der Waals surface area (Å²) in [5.74, 6) is 0.897. The maximum atomic E-state index is 13.2. The summed E-state index contributed by atoms with van der Waals surface area (Å²) in [6.07, 6.45) is 2.22. The SMILES string of the molecule is NCC1(C(=O)N2CCCOc3ccccc32)CCOCC1. The number of hydrogen-bond donors (Lipinski definition) is 1. The standard InChI is InChI=1S/C16H22N2O3/c17-12-16(6-10-20-11-7-16)15(19)18-8-3-9-21-14-5-2-1-4-13(14)18/h1-2,4-5H,3,6-12,17H2. The Morgan fingerprint density at radius 3 is 2.76 bits per heavy atom. The Balaban J connectivity index is 1.93. The van der Waals surface area contributed by atoms with E-state index >= 15 is 0 Å². The normalized spacial score (nSPS) is 21.1. The minimum absolute atomic E-state index is 0.117. The fourth-order valence-electron chi connectivity index (χ4n) is 3.09. The number of fused-ring (bicyclic) bond motifs is 1. The van der Waals surface area contributed by atoms with Crippen molar-refractivity contribution < 1.29 is 14.3 Å². The molecule has 0 bridgehead atoms. The molecule has 1 fully saturated rings. The van der Waals surface area contributed by atoms with Crippen molar-refractivity contribution in [2.24, 2.45) is 11.1 Å². The van der Waals surface area contributed by atoms with Crippen molar-refractivity contribution >= 4 is 11.6 Å². The molecule has 1 aromatic rings. The van der Waals surface area contributed by atoms with Crippen molar-refractivity contribution in [1.29, 1.82) is 0 Å². The zero-order valence-electron chi connectivity index (χ0n) is 12.2. The van der Waals surface area contributed by atoms with Gasteiger partial charge in [-0.15, -0.1) is 0 Å². The van der Waals surface area contributed by atoms with Crippen molar-refractivity contribution in [3.05, 3.63) is 24.3 Å². The molecule has 0 radical (unpaired) electrons. The zero-order valence-corrected chi connectivity index (χ0v) is 12.2. The van der Waals surface area contributed by atoms with Crippen LogP contribution in [-0.2, 0) is 9.53 Å². The molecule has 3 rings (SSSR count). The van der Waals surface area contributed by atoms with E-state index in [1.54, 1.807) is 0 Å². The lowest BCUT2D eigenvalue weighted by atomic mass is 9.78. The highest BCUT2D eigenvalue weighted by Gasteiger charge is 2.42. The molecule has 114 valence electrons. The number of anilines is 1. The number of nitrogens with two attached hydrogens (primary N) is 1. The number of hydrogen-bond acceptors (Lipinski definition) is 4. The second kappa shape index (κ2) is 6.03. The molecule has 5 nitrogen and oxygen atoms in total. The monoisotopic (exact) mass is 290 g/mol. The first-order chi connectivity index (χ1) is 10.3. The Morgan fingerprint density at radius 2 is 2.00 bits per heavy atom. The molecule has 0 aliphatic carbocycles. The highest BCUT2D eigenvalue weighted by molar-refractivity contribution is 5.99. The number of benzene rings is 1. The lowest BCUT2D eigenvalue weighted by Crippen LogP contribution is -2.51. The van der Waals surface area contributed by atoms with Crippen molar-refractivity contribution in [2.75, 3.05) is 37.8 Å². The summed E-state index contributed by atoms with van der Waals surface area (Å²) in [4.78, 5) is 15.0. The molecule has 2 aliphatic rings. The number of amides is 1. The van der Waals surface area contributed by atoms with E-state index in [2.05, 4.69) is 0 Å². The van der Waals surface area contributed by atoms with Crippen LogP contribution in [0.3, 0.4) is 0 Å². The van der Waals surface area contributed by atoms with Crippen molar-refractivity contribution in [3.8, 4) is 5.75 Å². The Kier molecular flexibility index (Phi) is 4.12. The van der Waals surface area contributed by atoms with Gasteiger partial charge in [0.05, 0.1) is 17.7 Å². The Morgan fingerprint density at radius 1 is 1.24 bits per heavy atom. The van der Waals surface area contributed by atoms with E-state index in [0.29, 0.717) is 45.8 Å². The Labute approximate surface area is 125 Å². The molecule has 0 unspecified atom stereocenters. The topological polar surface area (TPSA) is 64.8 Å². The van der Waals surface area contributed by atoms with Crippen LogP contribution in [0.4, 0.5) is 5.69 Å². The number of carbonyl (C=O) groups excluding carboxylic acids is 1. The smallest absolute Gasteiger partial charge is 0.234 e. The summed E-state index contributed by atoms with van der Waals surface area (Å²) in [6.45, 7) is 2.90. The highest BCUT2D eigenvalue weighted by Crippen LogP contribution is 2.37. The average Bonchev–Trinajstić information content (AvgIpc) is 2.77. The molecule has 0 spiro atoms. The van der Waals surface area contributed by atoms with Gasteiger partial charge in [0, 0.05) is 26.3 Å². The van der Waals surface area contributed by atoms with Crippen LogP contribution in [0.25, 0.3) is 0 Å². The first-order valence-electron chi connectivity index (χ1n) is 7.58. The van der Waals surface area contributed by atoms with Crippen LogP contribution in [0, 0.1) is 5.41 Å². The van der Waals surface area contributed by atoms with E-state index in [0.717, 1.165) is 17.9 Å². The van der Waals surface area contributed by atoms with Gasteiger partial charge in [-0.2, -0.15) is 0 Å². The first-order valence-corrected chi connectivity index (χ1v) is 7.58. The molecule has 1 saturated heterocycles. The summed E-state index contributed by atoms with van der Waals surface area (Å²) in [7, 11) is 0. The fraction of sp³-hybridized carbons (Fsp3) is 0.562. The Bertz CT molecular complexity index is 512. The third-order valence-electron chi connectivity index (χ3n) is 4.48. The predicted octanol–water partition coefficient (Wildman–Crippen LogP) is 1.56. The number of ether oxygens (including phenoxy) is 2. The number of nitrogens with zero attached hydrogens (tertiary/aromatic N) is 1. The van der Waals surface area contributed by atoms with Crippen LogP contribution < -0.4 is 15.4 Å². The van der Waals surface area contributed by atoms with Gasteiger partial charge in [0.1, 0.15) is 5.75 Å². The quantitative estimate of drug-likeness (QED) is 0.897. The molecule has 2 aliphatic heterocycles. The number of para-hydroxylation sites is 2. The largest absolute Gasteiger partial charge is 0.491 e. The van der Waals surface area contributed by atoms with Gasteiger partial charge >= 0.3 is 0 Å². The van der Waals surface area contributed by atoms with Crippen LogP contribution in [-0.4, -0.2) is 38.8 Å². The lowest BCUT2D eigenvalue weighted by molar-refractivity contribution is -0.133. The van der Waals surface area contributed by atoms with Gasteiger partial charge in [-0.25, -0.2) is 0 Å². The highest BCUT2D eigenvalue weighted by atomic mass is 16.5. The van der Waals surface area contributed by atoms with Gasteiger partial charge < -0.3 is 20.1 Å². The molecule has 0 atom stereocenters. The van der Waals surface area contributed by atoms with Crippen LogP contribution in [0.1, 0.15) is 19.3 Å². The van der Waals surface area contributed by atoms with Gasteiger partial charge in [0.15, 0.2) is 0 Å². The maximum Gasteiger partial charge on any atom is 0.234 e. The van der Waals surface area contributed by atoms with E-state index in [-0.39, 0.29) is 5.91 Å². The predicted molar refractivity (Wildman–Crippen MR) is 80.4 cm³/mol. The molecule has 21 heavy (non-hydrogen) atoms. The minimum Gasteiger partial charge on any atom is -0.491 e. The third kappa shape index (κ3) is 2.63. The van der Waals surface area contributed by atoms with Crippen molar-refractivity contribution in [1.82, 2.24) is 0 Å². The van der Waals surface area contributed by atoms with Gasteiger partial charge in [-0.3, -0.25) is 4.79 Å². The molecule has 1 aromatic carbocycles. The summed E-state index contributed by atoms with van der Waals surface area (Å²) in [5, 5.41) is 0. The van der Waals surface area contributed by atoms with Crippen LogP contribution in [0.5, 0.6) is 5.75 Å². The molecule has 2 N–H and O–H groups in total. The molecule has 5 heteroatoms. The van der Waals surface area contributed by atoms with Crippen LogP contribution >= 0.6 is 0 Å². The van der Waals surface area contributed by atoms with Gasteiger partial charge in [-0.05, 0) is 31.4 Å². The molecule has 0 aromatic heterocycles. The molecule has 0 saturated carbocycles. The molecular weight excluding hydrogens is 268 g/mol. The van der Waals surface area contributed by atoms with E-state index in [4.69, 9.17) is 15.2 Å². The second-order valence-corrected chi connectivity index (χ2v) is 5.72.